The van der Waals surface area contributed by atoms with E-state index in [1.165, 1.54) is 0 Å². The summed E-state index contributed by atoms with van der Waals surface area (Å²) < 4.78 is 10.9. The summed E-state index contributed by atoms with van der Waals surface area (Å²) in [6.07, 6.45) is 0.00443. The van der Waals surface area contributed by atoms with Gasteiger partial charge in [-0.3, -0.25) is 9.59 Å². The molecular formula is C18H22N2O5. The highest BCUT2D eigenvalue weighted by Crippen LogP contribution is 2.21. The van der Waals surface area contributed by atoms with Crippen molar-refractivity contribution < 1.29 is 24.0 Å². The Hall–Kier alpha value is -2.83. The van der Waals surface area contributed by atoms with Gasteiger partial charge in [-0.2, -0.15) is 0 Å². The number of ether oxygens (including phenoxy) is 1. The Morgan fingerprint density at radius 1 is 1.32 bits per heavy atom. The minimum atomic E-state index is -0.884. The maximum Gasteiger partial charge on any atom is 0.303 e. The topological polar surface area (TPSA) is 102 Å². The fourth-order valence-corrected chi connectivity index (χ4v) is 2.37. The van der Waals surface area contributed by atoms with Gasteiger partial charge in [-0.15, -0.1) is 0 Å². The van der Waals surface area contributed by atoms with E-state index in [2.05, 4.69) is 10.5 Å². The predicted octanol–water partition coefficient (Wildman–Crippen LogP) is 2.71. The number of para-hydroxylation sites is 1. The number of aryl methyl sites for hydroxylation is 2. The number of rotatable bonds is 8. The zero-order valence-electron chi connectivity index (χ0n) is 14.5. The number of carboxylic acid groups (broad SMARTS) is 1. The van der Waals surface area contributed by atoms with Crippen molar-refractivity contribution in [3.63, 3.8) is 0 Å². The summed E-state index contributed by atoms with van der Waals surface area (Å²) >= 11 is 0. The molecule has 7 heteroatoms. The van der Waals surface area contributed by atoms with E-state index in [9.17, 15) is 9.59 Å². The molecule has 0 aliphatic carbocycles. The molecule has 0 saturated carbocycles. The van der Waals surface area contributed by atoms with Crippen molar-refractivity contribution in [2.75, 3.05) is 6.54 Å². The van der Waals surface area contributed by atoms with E-state index in [4.69, 9.17) is 14.4 Å². The van der Waals surface area contributed by atoms with E-state index in [1.807, 2.05) is 6.92 Å². The van der Waals surface area contributed by atoms with E-state index in [0.717, 1.165) is 11.3 Å². The molecule has 1 unspecified atom stereocenters. The number of aliphatic carboxylic acids is 1. The Morgan fingerprint density at radius 3 is 2.68 bits per heavy atom. The van der Waals surface area contributed by atoms with Crippen LogP contribution in [0.25, 0.3) is 0 Å². The largest absolute Gasteiger partial charge is 0.488 e. The predicted molar refractivity (Wildman–Crippen MR) is 90.5 cm³/mol. The maximum absolute atomic E-state index is 12.4. The van der Waals surface area contributed by atoms with Gasteiger partial charge in [-0.25, -0.2) is 0 Å². The third kappa shape index (κ3) is 5.07. The van der Waals surface area contributed by atoms with Crippen molar-refractivity contribution in [2.24, 2.45) is 5.92 Å². The Labute approximate surface area is 146 Å². The molecule has 1 amide bonds. The van der Waals surface area contributed by atoms with Crippen LogP contribution in [0.3, 0.4) is 0 Å². The molecule has 1 heterocycles. The summed E-state index contributed by atoms with van der Waals surface area (Å²) in [5.74, 6) is -0.207. The Morgan fingerprint density at radius 2 is 2.04 bits per heavy atom. The lowest BCUT2D eigenvalue weighted by Crippen LogP contribution is -2.29. The zero-order chi connectivity index (χ0) is 18.4. The first-order chi connectivity index (χ1) is 11.9. The molecule has 0 saturated heterocycles. The number of hydrogen-bond acceptors (Lipinski definition) is 5. The lowest BCUT2D eigenvalue weighted by Gasteiger charge is -2.13. The van der Waals surface area contributed by atoms with Crippen LogP contribution in [-0.4, -0.2) is 28.7 Å². The lowest BCUT2D eigenvalue weighted by atomic mass is 10.1. The molecule has 2 aromatic rings. The van der Waals surface area contributed by atoms with Gasteiger partial charge >= 0.3 is 5.97 Å². The van der Waals surface area contributed by atoms with Crippen molar-refractivity contribution in [3.8, 4) is 5.75 Å². The van der Waals surface area contributed by atoms with E-state index in [-0.39, 0.29) is 31.4 Å². The summed E-state index contributed by atoms with van der Waals surface area (Å²) in [6.45, 7) is 5.94. The zero-order valence-corrected chi connectivity index (χ0v) is 14.5. The summed E-state index contributed by atoms with van der Waals surface area (Å²) in [4.78, 5) is 23.1. The second-order valence-electron chi connectivity index (χ2n) is 6.00. The van der Waals surface area contributed by atoms with Crippen LogP contribution < -0.4 is 10.1 Å². The summed E-state index contributed by atoms with van der Waals surface area (Å²) in [5.41, 5.74) is 2.00. The normalized spacial score (nSPS) is 11.8. The Bertz CT molecular complexity index is 734. The highest BCUT2D eigenvalue weighted by molar-refractivity contribution is 5.96. The van der Waals surface area contributed by atoms with Crippen LogP contribution in [0.4, 0.5) is 0 Å². The smallest absolute Gasteiger partial charge is 0.303 e. The van der Waals surface area contributed by atoms with Gasteiger partial charge in [0.05, 0.1) is 16.8 Å². The number of aromatic nitrogens is 1. The van der Waals surface area contributed by atoms with Crippen LogP contribution in [0.5, 0.6) is 5.75 Å². The van der Waals surface area contributed by atoms with Gasteiger partial charge in [0.1, 0.15) is 18.1 Å². The molecular weight excluding hydrogens is 324 g/mol. The van der Waals surface area contributed by atoms with Gasteiger partial charge < -0.3 is 19.7 Å². The monoisotopic (exact) mass is 346 g/mol. The summed E-state index contributed by atoms with van der Waals surface area (Å²) in [7, 11) is 0. The molecule has 25 heavy (non-hydrogen) atoms. The fraction of sp³-hybridized carbons (Fsp3) is 0.389. The summed E-state index contributed by atoms with van der Waals surface area (Å²) in [5, 5.41) is 15.4. The van der Waals surface area contributed by atoms with Gasteiger partial charge in [0.15, 0.2) is 0 Å². The minimum absolute atomic E-state index is 0.00443. The average Bonchev–Trinajstić information content (AvgIpc) is 2.89. The second-order valence-corrected chi connectivity index (χ2v) is 6.00. The molecule has 134 valence electrons. The van der Waals surface area contributed by atoms with E-state index in [0.29, 0.717) is 17.1 Å². The first-order valence-electron chi connectivity index (χ1n) is 8.02. The van der Waals surface area contributed by atoms with Gasteiger partial charge in [-0.05, 0) is 31.9 Å². The van der Waals surface area contributed by atoms with Crippen molar-refractivity contribution in [2.45, 2.75) is 33.8 Å². The number of amides is 1. The molecule has 0 bridgehead atoms. The number of nitrogens with one attached hydrogen (secondary N) is 1. The molecule has 1 aromatic heterocycles. The third-order valence-electron chi connectivity index (χ3n) is 3.82. The molecule has 2 N–H and O–H groups in total. The van der Waals surface area contributed by atoms with Crippen molar-refractivity contribution in [3.05, 3.63) is 46.8 Å². The van der Waals surface area contributed by atoms with Gasteiger partial charge in [0.2, 0.25) is 0 Å². The molecule has 0 radical (unpaired) electrons. The molecule has 0 aliphatic rings. The van der Waals surface area contributed by atoms with Gasteiger partial charge in [0.25, 0.3) is 5.91 Å². The first-order valence-corrected chi connectivity index (χ1v) is 8.02. The quantitative estimate of drug-likeness (QED) is 0.762. The van der Waals surface area contributed by atoms with Crippen molar-refractivity contribution in [1.29, 1.82) is 0 Å². The summed E-state index contributed by atoms with van der Waals surface area (Å²) in [6, 6.07) is 6.92. The maximum atomic E-state index is 12.4. The standard InChI is InChI=1S/C18H22N2O5/c1-11(8-17(21)22)9-19-18(23)14-6-4-5-7-16(14)24-10-15-12(2)20-25-13(15)3/h4-7,11H,8-10H2,1-3H3,(H,19,23)(H,21,22). The number of nitrogens with zero attached hydrogens (tertiary/aromatic N) is 1. The van der Waals surface area contributed by atoms with Crippen LogP contribution in [0.1, 0.15) is 40.7 Å². The molecule has 1 atom stereocenters. The molecule has 0 aliphatic heterocycles. The second kappa shape index (κ2) is 8.32. The van der Waals surface area contributed by atoms with Gasteiger partial charge in [-0.1, -0.05) is 24.2 Å². The van der Waals surface area contributed by atoms with Gasteiger partial charge in [0, 0.05) is 13.0 Å². The van der Waals surface area contributed by atoms with Crippen LogP contribution >= 0.6 is 0 Å². The number of benzene rings is 1. The third-order valence-corrected chi connectivity index (χ3v) is 3.82. The average molecular weight is 346 g/mol. The van der Waals surface area contributed by atoms with Crippen LogP contribution in [-0.2, 0) is 11.4 Å². The Balaban J connectivity index is 2.02. The number of carbonyl (C=O) groups is 2. The highest BCUT2D eigenvalue weighted by atomic mass is 16.5. The van der Waals surface area contributed by atoms with Crippen LogP contribution in [0, 0.1) is 19.8 Å². The van der Waals surface area contributed by atoms with E-state index >= 15 is 0 Å². The molecule has 7 nitrogen and oxygen atoms in total. The van der Waals surface area contributed by atoms with Crippen molar-refractivity contribution in [1.82, 2.24) is 10.5 Å². The Kier molecular flexibility index (Phi) is 6.16. The molecule has 1 aromatic carbocycles. The minimum Gasteiger partial charge on any atom is -0.488 e. The number of hydrogen-bond donors (Lipinski definition) is 2. The molecule has 2 rings (SSSR count). The molecule has 0 spiro atoms. The number of carbonyl (C=O) groups excluding carboxylic acids is 1. The fourth-order valence-electron chi connectivity index (χ4n) is 2.37. The van der Waals surface area contributed by atoms with Crippen LogP contribution in [0.2, 0.25) is 0 Å². The van der Waals surface area contributed by atoms with E-state index < -0.39 is 5.97 Å². The van der Waals surface area contributed by atoms with Crippen LogP contribution in [0.15, 0.2) is 28.8 Å². The molecule has 0 fully saturated rings. The van der Waals surface area contributed by atoms with E-state index in [1.54, 1.807) is 38.1 Å². The lowest BCUT2D eigenvalue weighted by molar-refractivity contribution is -0.137. The SMILES string of the molecule is Cc1noc(C)c1COc1ccccc1C(=O)NCC(C)CC(=O)O. The number of carboxylic acids is 1. The highest BCUT2D eigenvalue weighted by Gasteiger charge is 2.16. The first kappa shape index (κ1) is 18.5. The van der Waals surface area contributed by atoms with Crippen molar-refractivity contribution >= 4 is 11.9 Å².